The minimum absolute atomic E-state index is 0.0450. The van der Waals surface area contributed by atoms with Crippen LogP contribution in [0.1, 0.15) is 11.4 Å². The Bertz CT molecular complexity index is 644. The highest BCUT2D eigenvalue weighted by atomic mass is 16.4. The summed E-state index contributed by atoms with van der Waals surface area (Å²) in [6.07, 6.45) is 2.79. The molecule has 2 aromatic rings. The van der Waals surface area contributed by atoms with E-state index in [1.807, 2.05) is 0 Å². The van der Waals surface area contributed by atoms with Crippen LogP contribution in [0, 0.1) is 0 Å². The Labute approximate surface area is 120 Å². The van der Waals surface area contributed by atoms with Gasteiger partial charge < -0.3 is 10.2 Å². The Morgan fingerprint density at radius 3 is 1.71 bits per heavy atom. The third kappa shape index (κ3) is 2.27. The Morgan fingerprint density at radius 2 is 1.43 bits per heavy atom. The van der Waals surface area contributed by atoms with Crippen molar-refractivity contribution < 1.29 is 19.8 Å². The maximum Gasteiger partial charge on any atom is 0.332 e. The fourth-order valence-corrected chi connectivity index (χ4v) is 2.12. The Morgan fingerprint density at radius 1 is 0.952 bits per heavy atom. The van der Waals surface area contributed by atoms with Gasteiger partial charge in [-0.3, -0.25) is 14.8 Å². The van der Waals surface area contributed by atoms with Crippen LogP contribution in [0.3, 0.4) is 0 Å². The number of carboxylic acid groups (broad SMARTS) is 2. The predicted molar refractivity (Wildman–Crippen MR) is 73.7 cm³/mol. The van der Waals surface area contributed by atoms with Crippen LogP contribution in [-0.2, 0) is 15.0 Å². The van der Waals surface area contributed by atoms with E-state index in [0.717, 1.165) is 0 Å². The van der Waals surface area contributed by atoms with Gasteiger partial charge in [-0.05, 0) is 24.3 Å². The van der Waals surface area contributed by atoms with Crippen LogP contribution in [0.15, 0.2) is 60.9 Å². The third-order valence-electron chi connectivity index (χ3n) is 3.13. The van der Waals surface area contributed by atoms with Crippen molar-refractivity contribution >= 4 is 11.9 Å². The average Bonchev–Trinajstić information content (AvgIpc) is 2.49. The lowest BCUT2D eigenvalue weighted by Gasteiger charge is -2.28. The molecule has 0 saturated carbocycles. The maximum atomic E-state index is 12.0. The fourth-order valence-electron chi connectivity index (χ4n) is 2.12. The summed E-state index contributed by atoms with van der Waals surface area (Å²) in [7, 11) is 0. The van der Waals surface area contributed by atoms with E-state index < -0.39 is 22.9 Å². The van der Waals surface area contributed by atoms with Crippen molar-refractivity contribution in [1.82, 2.24) is 9.97 Å². The third-order valence-corrected chi connectivity index (χ3v) is 3.13. The Kier molecular flexibility index (Phi) is 3.80. The first-order chi connectivity index (χ1) is 10.0. The monoisotopic (exact) mass is 284 g/mol. The van der Waals surface area contributed by atoms with E-state index >= 15 is 0 Å². The van der Waals surface area contributed by atoms with Gasteiger partial charge in [0.2, 0.25) is 0 Å². The summed E-state index contributed by atoms with van der Waals surface area (Å²) in [5.74, 6) is -2.82. The molecule has 0 unspecified atom stereocenters. The van der Waals surface area contributed by atoms with E-state index in [9.17, 15) is 19.8 Å². The van der Waals surface area contributed by atoms with E-state index in [1.54, 1.807) is 24.3 Å². The van der Waals surface area contributed by atoms with Crippen LogP contribution in [0.5, 0.6) is 0 Å². The van der Waals surface area contributed by atoms with E-state index in [-0.39, 0.29) is 11.4 Å². The number of aromatic nitrogens is 2. The fraction of sp³-hybridized carbons (Fsp3) is 0.0667. The van der Waals surface area contributed by atoms with Gasteiger partial charge in [-0.25, -0.2) is 4.79 Å². The van der Waals surface area contributed by atoms with Crippen LogP contribution >= 0.6 is 0 Å². The molecule has 0 saturated heterocycles. The first kappa shape index (κ1) is 14.4. The molecule has 0 aliphatic heterocycles. The molecule has 2 N–H and O–H groups in total. The minimum atomic E-state index is -2.03. The number of pyridine rings is 2. The second-order valence-corrected chi connectivity index (χ2v) is 4.27. The molecule has 2 heterocycles. The topological polar surface area (TPSA) is 100 Å². The lowest BCUT2D eigenvalue weighted by molar-refractivity contribution is -0.144. The first-order valence-electron chi connectivity index (χ1n) is 6.00. The van der Waals surface area contributed by atoms with Gasteiger partial charge in [-0.1, -0.05) is 18.7 Å². The average molecular weight is 284 g/mol. The molecular weight excluding hydrogens is 272 g/mol. The molecule has 0 aromatic carbocycles. The number of nitrogens with zero attached hydrogens (tertiary/aromatic N) is 2. The van der Waals surface area contributed by atoms with Crippen molar-refractivity contribution in [2.75, 3.05) is 0 Å². The molecule has 0 aliphatic carbocycles. The van der Waals surface area contributed by atoms with Gasteiger partial charge in [0, 0.05) is 12.4 Å². The zero-order chi connectivity index (χ0) is 15.5. The van der Waals surface area contributed by atoms with Gasteiger partial charge in [0.25, 0.3) is 0 Å². The minimum Gasteiger partial charge on any atom is -0.480 e. The maximum absolute atomic E-state index is 12.0. The summed E-state index contributed by atoms with van der Waals surface area (Å²) in [6.45, 7) is 3.44. The molecule has 0 spiro atoms. The normalized spacial score (nSPS) is 10.9. The van der Waals surface area contributed by atoms with Crippen molar-refractivity contribution in [3.63, 3.8) is 0 Å². The van der Waals surface area contributed by atoms with E-state index in [1.165, 1.54) is 24.5 Å². The standard InChI is InChI=1S/C15H12N2O4/c1-10(13(18)19)15(14(20)21,11-6-2-4-8-16-11)12-7-3-5-9-17-12/h2-9H,1H2,(H,18,19)(H,20,21). The molecule has 106 valence electrons. The van der Waals surface area contributed by atoms with Gasteiger partial charge >= 0.3 is 11.9 Å². The van der Waals surface area contributed by atoms with Gasteiger partial charge in [0.15, 0.2) is 5.41 Å². The van der Waals surface area contributed by atoms with Crippen LogP contribution in [0.2, 0.25) is 0 Å². The molecule has 0 atom stereocenters. The number of rotatable bonds is 5. The lowest BCUT2D eigenvalue weighted by Crippen LogP contribution is -2.42. The summed E-state index contributed by atoms with van der Waals surface area (Å²) in [5, 5.41) is 19.0. The highest BCUT2D eigenvalue weighted by Crippen LogP contribution is 2.36. The van der Waals surface area contributed by atoms with E-state index in [4.69, 9.17) is 0 Å². The van der Waals surface area contributed by atoms with Crippen molar-refractivity contribution in [3.8, 4) is 0 Å². The highest BCUT2D eigenvalue weighted by Gasteiger charge is 2.50. The SMILES string of the molecule is C=C(C(=O)O)C(C(=O)O)(c1ccccn1)c1ccccn1. The van der Waals surface area contributed by atoms with Gasteiger partial charge in [-0.2, -0.15) is 0 Å². The quantitative estimate of drug-likeness (QED) is 0.807. The van der Waals surface area contributed by atoms with Crippen LogP contribution in [0.4, 0.5) is 0 Å². The predicted octanol–water partition coefficient (Wildman–Crippen LogP) is 1.49. The van der Waals surface area contributed by atoms with Crippen LogP contribution < -0.4 is 0 Å². The van der Waals surface area contributed by atoms with Gasteiger partial charge in [0.05, 0.1) is 17.0 Å². The molecule has 0 bridgehead atoms. The molecule has 2 aromatic heterocycles. The number of carbonyl (C=O) groups is 2. The van der Waals surface area contributed by atoms with Crippen molar-refractivity contribution in [2.45, 2.75) is 5.41 Å². The van der Waals surface area contributed by atoms with Crippen molar-refractivity contribution in [3.05, 3.63) is 72.3 Å². The Hall–Kier alpha value is -3.02. The second kappa shape index (κ2) is 5.54. The van der Waals surface area contributed by atoms with E-state index in [0.29, 0.717) is 0 Å². The number of aliphatic carboxylic acids is 2. The van der Waals surface area contributed by atoms with E-state index in [2.05, 4.69) is 16.5 Å². The summed E-state index contributed by atoms with van der Waals surface area (Å²) in [5.41, 5.74) is -2.46. The molecule has 0 radical (unpaired) electrons. The summed E-state index contributed by atoms with van der Waals surface area (Å²) >= 11 is 0. The summed E-state index contributed by atoms with van der Waals surface area (Å²) in [4.78, 5) is 31.4. The zero-order valence-corrected chi connectivity index (χ0v) is 10.9. The second-order valence-electron chi connectivity index (χ2n) is 4.27. The number of hydrogen-bond donors (Lipinski definition) is 2. The van der Waals surface area contributed by atoms with Crippen molar-refractivity contribution in [2.24, 2.45) is 0 Å². The Balaban J connectivity index is 2.83. The van der Waals surface area contributed by atoms with Crippen LogP contribution in [0.25, 0.3) is 0 Å². The molecule has 0 aliphatic rings. The molecular formula is C15H12N2O4. The molecule has 2 rings (SSSR count). The largest absolute Gasteiger partial charge is 0.480 e. The molecule has 6 nitrogen and oxygen atoms in total. The summed E-state index contributed by atoms with van der Waals surface area (Å²) in [6, 6.07) is 9.26. The van der Waals surface area contributed by atoms with Gasteiger partial charge in [0.1, 0.15) is 0 Å². The molecule has 0 amide bonds. The smallest absolute Gasteiger partial charge is 0.332 e. The number of hydrogen-bond acceptors (Lipinski definition) is 4. The summed E-state index contributed by atoms with van der Waals surface area (Å²) < 4.78 is 0. The van der Waals surface area contributed by atoms with Crippen LogP contribution in [-0.4, -0.2) is 32.1 Å². The lowest BCUT2D eigenvalue weighted by atomic mass is 9.74. The first-order valence-corrected chi connectivity index (χ1v) is 6.00. The zero-order valence-electron chi connectivity index (χ0n) is 10.9. The number of carboxylic acids is 2. The molecule has 0 fully saturated rings. The highest BCUT2D eigenvalue weighted by molar-refractivity contribution is 6.02. The molecule has 21 heavy (non-hydrogen) atoms. The van der Waals surface area contributed by atoms with Crippen molar-refractivity contribution in [1.29, 1.82) is 0 Å². The van der Waals surface area contributed by atoms with Gasteiger partial charge in [-0.15, -0.1) is 0 Å². The molecule has 6 heteroatoms.